The van der Waals surface area contributed by atoms with Crippen molar-refractivity contribution in [1.29, 1.82) is 0 Å². The minimum Gasteiger partial charge on any atom is -0.454 e. The molecule has 0 radical (unpaired) electrons. The molecule has 3 rings (SSSR count). The number of nitrogens with one attached hydrogen (secondary N) is 1. The molecule has 0 saturated heterocycles. The van der Waals surface area contributed by atoms with E-state index in [1.165, 1.54) is 0 Å². The van der Waals surface area contributed by atoms with Gasteiger partial charge in [0.25, 0.3) is 0 Å². The Hall–Kier alpha value is -1.72. The molecule has 0 bridgehead atoms. The highest BCUT2D eigenvalue weighted by atomic mass is 35.5. The van der Waals surface area contributed by atoms with Gasteiger partial charge in [-0.05, 0) is 12.0 Å². The Kier molecular flexibility index (Phi) is 4.27. The summed E-state index contributed by atoms with van der Waals surface area (Å²) in [5.41, 5.74) is 3.18. The second-order valence-corrected chi connectivity index (χ2v) is 6.05. The molecule has 1 aromatic carbocycles. The minimum atomic E-state index is 0.290. The molecule has 2 heterocycles. The van der Waals surface area contributed by atoms with E-state index in [9.17, 15) is 0 Å². The van der Waals surface area contributed by atoms with Crippen molar-refractivity contribution in [2.75, 3.05) is 6.79 Å². The van der Waals surface area contributed by atoms with Crippen LogP contribution >= 0.6 is 11.6 Å². The van der Waals surface area contributed by atoms with Crippen LogP contribution < -0.4 is 14.8 Å². The van der Waals surface area contributed by atoms with Gasteiger partial charge in [-0.3, -0.25) is 4.68 Å². The number of ether oxygens (including phenoxy) is 2. The molecule has 0 fully saturated rings. The smallest absolute Gasteiger partial charge is 0.231 e. The Morgan fingerprint density at radius 3 is 2.91 bits per heavy atom. The summed E-state index contributed by atoms with van der Waals surface area (Å²) in [5.74, 6) is 1.98. The van der Waals surface area contributed by atoms with E-state index in [1.54, 1.807) is 4.68 Å². The zero-order chi connectivity index (χ0) is 15.7. The maximum Gasteiger partial charge on any atom is 0.231 e. The van der Waals surface area contributed by atoms with E-state index >= 15 is 0 Å². The maximum absolute atomic E-state index is 6.35. The minimum absolute atomic E-state index is 0.290. The Morgan fingerprint density at radius 1 is 1.32 bits per heavy atom. The van der Waals surface area contributed by atoms with Crippen LogP contribution in [0, 0.1) is 0 Å². The van der Waals surface area contributed by atoms with Crippen molar-refractivity contribution in [2.45, 2.75) is 32.9 Å². The SMILES string of the molecule is CC(C)c1nn(C)c(Cl)c1CNCc1cccc2c1OCO2. The van der Waals surface area contributed by atoms with E-state index in [2.05, 4.69) is 24.3 Å². The van der Waals surface area contributed by atoms with Crippen LogP contribution in [0.5, 0.6) is 11.5 Å². The fourth-order valence-electron chi connectivity index (χ4n) is 2.65. The average Bonchev–Trinajstić information content (AvgIpc) is 3.07. The molecule has 6 heteroatoms. The summed E-state index contributed by atoms with van der Waals surface area (Å²) in [6.07, 6.45) is 0. The van der Waals surface area contributed by atoms with Crippen molar-refractivity contribution >= 4 is 11.6 Å². The normalized spacial score (nSPS) is 13.1. The van der Waals surface area contributed by atoms with Crippen LogP contribution in [0.2, 0.25) is 5.15 Å². The summed E-state index contributed by atoms with van der Waals surface area (Å²) in [5, 5.41) is 8.61. The first kappa shape index (κ1) is 15.2. The summed E-state index contributed by atoms with van der Waals surface area (Å²) in [4.78, 5) is 0. The molecule has 1 aliphatic heterocycles. The molecule has 0 aliphatic carbocycles. The fraction of sp³-hybridized carbons (Fsp3) is 0.438. The molecular weight excluding hydrogens is 302 g/mol. The summed E-state index contributed by atoms with van der Waals surface area (Å²) >= 11 is 6.35. The van der Waals surface area contributed by atoms with E-state index in [0.29, 0.717) is 24.2 Å². The molecule has 0 amide bonds. The van der Waals surface area contributed by atoms with E-state index in [-0.39, 0.29) is 6.79 Å². The Bertz CT molecular complexity index is 682. The number of aryl methyl sites for hydroxylation is 1. The van der Waals surface area contributed by atoms with Gasteiger partial charge < -0.3 is 14.8 Å². The molecule has 1 aliphatic rings. The van der Waals surface area contributed by atoms with E-state index in [1.807, 2.05) is 25.2 Å². The van der Waals surface area contributed by atoms with Crippen LogP contribution in [-0.4, -0.2) is 16.6 Å². The van der Waals surface area contributed by atoms with Gasteiger partial charge in [-0.2, -0.15) is 5.10 Å². The highest BCUT2D eigenvalue weighted by molar-refractivity contribution is 6.30. The van der Waals surface area contributed by atoms with Gasteiger partial charge in [-0.25, -0.2) is 0 Å². The van der Waals surface area contributed by atoms with Crippen molar-refractivity contribution in [3.63, 3.8) is 0 Å². The Balaban J connectivity index is 1.71. The first-order chi connectivity index (χ1) is 10.6. The lowest BCUT2D eigenvalue weighted by Gasteiger charge is -2.09. The molecule has 0 spiro atoms. The monoisotopic (exact) mass is 321 g/mol. The molecule has 5 nitrogen and oxygen atoms in total. The van der Waals surface area contributed by atoms with Crippen molar-refractivity contribution < 1.29 is 9.47 Å². The summed E-state index contributed by atoms with van der Waals surface area (Å²) in [6, 6.07) is 5.93. The highest BCUT2D eigenvalue weighted by Gasteiger charge is 2.19. The third kappa shape index (κ3) is 2.78. The van der Waals surface area contributed by atoms with Gasteiger partial charge in [0, 0.05) is 31.3 Å². The lowest BCUT2D eigenvalue weighted by molar-refractivity contribution is 0.173. The standard InChI is InChI=1S/C16H20ClN3O2/c1-10(2)14-12(16(17)20(3)19-14)8-18-7-11-5-4-6-13-15(11)22-9-21-13/h4-6,10,18H,7-9H2,1-3H3. The van der Waals surface area contributed by atoms with Crippen LogP contribution in [0.1, 0.15) is 36.6 Å². The third-order valence-corrected chi connectivity index (χ3v) is 4.22. The van der Waals surface area contributed by atoms with Gasteiger partial charge in [-0.1, -0.05) is 37.6 Å². The van der Waals surface area contributed by atoms with Crippen molar-refractivity contribution in [1.82, 2.24) is 15.1 Å². The molecule has 2 aromatic rings. The first-order valence-electron chi connectivity index (χ1n) is 7.37. The number of nitrogens with zero attached hydrogens (tertiary/aromatic N) is 2. The molecule has 0 atom stereocenters. The molecule has 0 saturated carbocycles. The molecule has 1 N–H and O–H groups in total. The van der Waals surface area contributed by atoms with Crippen LogP contribution in [0.3, 0.4) is 0 Å². The highest BCUT2D eigenvalue weighted by Crippen LogP contribution is 2.35. The van der Waals surface area contributed by atoms with Crippen molar-refractivity contribution in [3.8, 4) is 11.5 Å². The number of hydrogen-bond donors (Lipinski definition) is 1. The Morgan fingerprint density at radius 2 is 2.14 bits per heavy atom. The van der Waals surface area contributed by atoms with Gasteiger partial charge in [-0.15, -0.1) is 0 Å². The van der Waals surface area contributed by atoms with Crippen molar-refractivity contribution in [2.24, 2.45) is 7.05 Å². The molecule has 0 unspecified atom stereocenters. The topological polar surface area (TPSA) is 48.3 Å². The molecule has 118 valence electrons. The van der Waals surface area contributed by atoms with Gasteiger partial charge in [0.2, 0.25) is 6.79 Å². The maximum atomic E-state index is 6.35. The zero-order valence-electron chi connectivity index (χ0n) is 13.0. The lowest BCUT2D eigenvalue weighted by atomic mass is 10.1. The molecule has 22 heavy (non-hydrogen) atoms. The van der Waals surface area contributed by atoms with Gasteiger partial charge >= 0.3 is 0 Å². The number of halogens is 1. The van der Waals surface area contributed by atoms with Crippen molar-refractivity contribution in [3.05, 3.63) is 40.2 Å². The summed E-state index contributed by atoms with van der Waals surface area (Å²) in [7, 11) is 1.87. The number of hydrogen-bond acceptors (Lipinski definition) is 4. The van der Waals surface area contributed by atoms with Crippen LogP contribution in [0.25, 0.3) is 0 Å². The van der Waals surface area contributed by atoms with Gasteiger partial charge in [0.05, 0.1) is 5.69 Å². The molecular formula is C16H20ClN3O2. The number of para-hydroxylation sites is 1. The van der Waals surface area contributed by atoms with Gasteiger partial charge in [0.15, 0.2) is 11.5 Å². The third-order valence-electron chi connectivity index (χ3n) is 3.74. The van der Waals surface area contributed by atoms with E-state index in [4.69, 9.17) is 21.1 Å². The average molecular weight is 322 g/mol. The Labute approximate surface area is 135 Å². The predicted octanol–water partition coefficient (Wildman–Crippen LogP) is 3.22. The van der Waals surface area contributed by atoms with Crippen LogP contribution in [0.15, 0.2) is 18.2 Å². The summed E-state index contributed by atoms with van der Waals surface area (Å²) < 4.78 is 12.6. The number of aromatic nitrogens is 2. The van der Waals surface area contributed by atoms with Crippen LogP contribution in [-0.2, 0) is 20.1 Å². The lowest BCUT2D eigenvalue weighted by Crippen LogP contribution is -2.14. The second-order valence-electron chi connectivity index (χ2n) is 5.69. The summed E-state index contributed by atoms with van der Waals surface area (Å²) in [6.45, 7) is 5.90. The predicted molar refractivity (Wildman–Crippen MR) is 85.4 cm³/mol. The number of fused-ring (bicyclic) bond motifs is 1. The first-order valence-corrected chi connectivity index (χ1v) is 7.75. The van der Waals surface area contributed by atoms with Gasteiger partial charge in [0.1, 0.15) is 5.15 Å². The van der Waals surface area contributed by atoms with E-state index < -0.39 is 0 Å². The quantitative estimate of drug-likeness (QED) is 0.918. The van der Waals surface area contributed by atoms with E-state index in [0.717, 1.165) is 28.3 Å². The number of rotatable bonds is 5. The molecule has 1 aromatic heterocycles. The van der Waals surface area contributed by atoms with Crippen LogP contribution in [0.4, 0.5) is 0 Å². The largest absolute Gasteiger partial charge is 0.454 e. The second kappa shape index (κ2) is 6.18. The number of benzene rings is 1. The zero-order valence-corrected chi connectivity index (χ0v) is 13.8. The fourth-order valence-corrected chi connectivity index (χ4v) is 2.85.